The van der Waals surface area contributed by atoms with Crippen molar-refractivity contribution in [2.75, 3.05) is 13.2 Å². The Balaban J connectivity index is 1.67. The summed E-state index contributed by atoms with van der Waals surface area (Å²) in [4.78, 5) is 14.3. The number of benzene rings is 1. The van der Waals surface area contributed by atoms with E-state index in [-0.39, 0.29) is 24.3 Å². The molecule has 0 radical (unpaired) electrons. The van der Waals surface area contributed by atoms with E-state index in [1.807, 2.05) is 65.0 Å². The largest absolute Gasteiger partial charge is 0.444 e. The first-order valence-corrected chi connectivity index (χ1v) is 9.11. The predicted molar refractivity (Wildman–Crippen MR) is 96.7 cm³/mol. The molecule has 26 heavy (non-hydrogen) atoms. The third kappa shape index (κ3) is 4.55. The Hall–Kier alpha value is -1.63. The van der Waals surface area contributed by atoms with E-state index in [2.05, 4.69) is 0 Å². The maximum atomic E-state index is 12.6. The number of rotatable bonds is 4. The molecule has 1 amide bonds. The van der Waals surface area contributed by atoms with Gasteiger partial charge in [-0.1, -0.05) is 30.3 Å². The fourth-order valence-electron chi connectivity index (χ4n) is 3.42. The van der Waals surface area contributed by atoms with Gasteiger partial charge in [0.2, 0.25) is 0 Å². The van der Waals surface area contributed by atoms with Gasteiger partial charge < -0.3 is 18.9 Å². The first kappa shape index (κ1) is 19.1. The van der Waals surface area contributed by atoms with Crippen molar-refractivity contribution in [3.8, 4) is 0 Å². The normalized spacial score (nSPS) is 27.4. The number of carbonyl (C=O) groups is 1. The van der Waals surface area contributed by atoms with Crippen LogP contribution >= 0.6 is 0 Å². The molecule has 6 heteroatoms. The SMILES string of the molecule is CC(C)(C)OC(=O)N1C[C@@H]2OC(C)(C)O[C@@H]2[C@H]1COCc1ccccc1. The molecule has 2 heterocycles. The van der Waals surface area contributed by atoms with E-state index in [0.29, 0.717) is 19.8 Å². The molecule has 2 aliphatic rings. The molecule has 0 unspecified atom stereocenters. The topological polar surface area (TPSA) is 57.2 Å². The number of ether oxygens (including phenoxy) is 4. The molecule has 0 N–H and O–H groups in total. The highest BCUT2D eigenvalue weighted by atomic mass is 16.8. The molecule has 0 saturated carbocycles. The van der Waals surface area contributed by atoms with Crippen LogP contribution in [0.5, 0.6) is 0 Å². The van der Waals surface area contributed by atoms with Crippen LogP contribution in [0.2, 0.25) is 0 Å². The Kier molecular flexibility index (Phi) is 5.28. The van der Waals surface area contributed by atoms with E-state index in [9.17, 15) is 4.79 Å². The quantitative estimate of drug-likeness (QED) is 0.821. The zero-order valence-electron chi connectivity index (χ0n) is 16.2. The second kappa shape index (κ2) is 7.18. The Morgan fingerprint density at radius 1 is 1.23 bits per heavy atom. The van der Waals surface area contributed by atoms with Gasteiger partial charge in [-0.25, -0.2) is 4.79 Å². The molecule has 3 atom stereocenters. The molecule has 144 valence electrons. The molecule has 2 aliphatic heterocycles. The van der Waals surface area contributed by atoms with Crippen LogP contribution in [-0.2, 0) is 25.6 Å². The van der Waals surface area contributed by atoms with Crippen molar-refractivity contribution in [3.05, 3.63) is 35.9 Å². The van der Waals surface area contributed by atoms with Crippen LogP contribution in [-0.4, -0.2) is 53.8 Å². The first-order valence-electron chi connectivity index (χ1n) is 9.11. The van der Waals surface area contributed by atoms with Crippen LogP contribution in [0.4, 0.5) is 4.79 Å². The number of carbonyl (C=O) groups excluding carboxylic acids is 1. The van der Waals surface area contributed by atoms with Gasteiger partial charge in [-0.05, 0) is 40.2 Å². The van der Waals surface area contributed by atoms with E-state index in [1.54, 1.807) is 4.90 Å². The van der Waals surface area contributed by atoms with Crippen LogP contribution in [0, 0.1) is 0 Å². The van der Waals surface area contributed by atoms with Gasteiger partial charge in [-0.2, -0.15) is 0 Å². The third-order valence-electron chi connectivity index (χ3n) is 4.41. The number of amides is 1. The Bertz CT molecular complexity index is 625. The maximum Gasteiger partial charge on any atom is 0.410 e. The fraction of sp³-hybridized carbons (Fsp3) is 0.650. The molecule has 2 saturated heterocycles. The molecule has 0 aromatic heterocycles. The molecule has 0 aliphatic carbocycles. The minimum atomic E-state index is -0.646. The molecule has 0 bridgehead atoms. The summed E-state index contributed by atoms with van der Waals surface area (Å²) in [5, 5.41) is 0. The van der Waals surface area contributed by atoms with Crippen molar-refractivity contribution >= 4 is 6.09 Å². The highest BCUT2D eigenvalue weighted by Gasteiger charge is 2.54. The predicted octanol–water partition coefficient (Wildman–Crippen LogP) is 3.34. The van der Waals surface area contributed by atoms with Gasteiger partial charge in [0, 0.05) is 0 Å². The van der Waals surface area contributed by atoms with Crippen molar-refractivity contribution in [2.24, 2.45) is 0 Å². The van der Waals surface area contributed by atoms with Gasteiger partial charge in [-0.3, -0.25) is 4.90 Å². The average molecular weight is 363 g/mol. The van der Waals surface area contributed by atoms with Crippen LogP contribution in [0.15, 0.2) is 30.3 Å². The zero-order chi connectivity index (χ0) is 18.9. The van der Waals surface area contributed by atoms with Crippen LogP contribution in [0.1, 0.15) is 40.2 Å². The van der Waals surface area contributed by atoms with Crippen LogP contribution in [0.3, 0.4) is 0 Å². The second-order valence-corrected chi connectivity index (χ2v) is 8.34. The zero-order valence-corrected chi connectivity index (χ0v) is 16.2. The third-order valence-corrected chi connectivity index (χ3v) is 4.41. The summed E-state index contributed by atoms with van der Waals surface area (Å²) in [5.41, 5.74) is 0.542. The van der Waals surface area contributed by atoms with E-state index < -0.39 is 11.4 Å². The highest BCUT2D eigenvalue weighted by Crippen LogP contribution is 2.37. The minimum Gasteiger partial charge on any atom is -0.444 e. The molecular formula is C20H29NO5. The number of nitrogens with zero attached hydrogens (tertiary/aromatic N) is 1. The van der Waals surface area contributed by atoms with E-state index in [4.69, 9.17) is 18.9 Å². The molecule has 6 nitrogen and oxygen atoms in total. The summed E-state index contributed by atoms with van der Waals surface area (Å²) in [6, 6.07) is 9.73. The lowest BCUT2D eigenvalue weighted by molar-refractivity contribution is -0.163. The summed E-state index contributed by atoms with van der Waals surface area (Å²) in [6.45, 7) is 10.7. The monoisotopic (exact) mass is 363 g/mol. The van der Waals surface area contributed by atoms with E-state index >= 15 is 0 Å². The lowest BCUT2D eigenvalue weighted by Crippen LogP contribution is -2.46. The van der Waals surface area contributed by atoms with Crippen molar-refractivity contribution in [2.45, 2.75) is 70.9 Å². The van der Waals surface area contributed by atoms with Gasteiger partial charge in [0.25, 0.3) is 0 Å². The fourth-order valence-corrected chi connectivity index (χ4v) is 3.42. The molecule has 0 spiro atoms. The van der Waals surface area contributed by atoms with E-state index in [1.165, 1.54) is 0 Å². The Labute approximate surface area is 155 Å². The first-order chi connectivity index (χ1) is 12.1. The van der Waals surface area contributed by atoms with Gasteiger partial charge >= 0.3 is 6.09 Å². The van der Waals surface area contributed by atoms with E-state index in [0.717, 1.165) is 5.56 Å². The summed E-state index contributed by atoms with van der Waals surface area (Å²) in [5.74, 6) is -0.646. The van der Waals surface area contributed by atoms with Gasteiger partial charge in [0.1, 0.15) is 17.8 Å². The van der Waals surface area contributed by atoms with Gasteiger partial charge in [0.05, 0.1) is 25.8 Å². The molecule has 1 aromatic rings. The number of likely N-dealkylation sites (tertiary alicyclic amines) is 1. The molecular weight excluding hydrogens is 334 g/mol. The maximum absolute atomic E-state index is 12.6. The van der Waals surface area contributed by atoms with Crippen LogP contribution in [0.25, 0.3) is 0 Å². The van der Waals surface area contributed by atoms with Crippen molar-refractivity contribution < 1.29 is 23.7 Å². The summed E-state index contributed by atoms with van der Waals surface area (Å²) >= 11 is 0. The molecule has 3 rings (SSSR count). The Morgan fingerprint density at radius 3 is 2.58 bits per heavy atom. The summed E-state index contributed by atoms with van der Waals surface area (Å²) in [7, 11) is 0. The molecule has 1 aromatic carbocycles. The summed E-state index contributed by atoms with van der Waals surface area (Å²) in [6.07, 6.45) is -0.735. The van der Waals surface area contributed by atoms with Gasteiger partial charge in [0.15, 0.2) is 5.79 Å². The van der Waals surface area contributed by atoms with Crippen molar-refractivity contribution in [1.82, 2.24) is 4.90 Å². The standard InChI is InChI=1S/C20H29NO5/c1-19(2,3)26-18(22)21-11-16-17(25-20(4,5)24-16)15(21)13-23-12-14-9-7-6-8-10-14/h6-10,15-17H,11-13H2,1-5H3/t15-,16+,17-/m1/s1. The summed E-state index contributed by atoms with van der Waals surface area (Å²) < 4.78 is 23.5. The smallest absolute Gasteiger partial charge is 0.410 e. The van der Waals surface area contributed by atoms with Crippen molar-refractivity contribution in [1.29, 1.82) is 0 Å². The number of hydrogen-bond acceptors (Lipinski definition) is 5. The average Bonchev–Trinajstić information content (AvgIpc) is 2.99. The minimum absolute atomic E-state index is 0.164. The Morgan fingerprint density at radius 2 is 1.92 bits per heavy atom. The highest BCUT2D eigenvalue weighted by molar-refractivity contribution is 5.69. The lowest BCUT2D eigenvalue weighted by atomic mass is 10.1. The second-order valence-electron chi connectivity index (χ2n) is 8.34. The number of hydrogen-bond donors (Lipinski definition) is 0. The van der Waals surface area contributed by atoms with Crippen LogP contribution < -0.4 is 0 Å². The van der Waals surface area contributed by atoms with Crippen molar-refractivity contribution in [3.63, 3.8) is 0 Å². The van der Waals surface area contributed by atoms with Gasteiger partial charge in [-0.15, -0.1) is 0 Å². The lowest BCUT2D eigenvalue weighted by Gasteiger charge is -2.31. The number of fused-ring (bicyclic) bond motifs is 1. The molecule has 2 fully saturated rings.